The Morgan fingerprint density at radius 2 is 1.85 bits per heavy atom. The number of amides is 1. The van der Waals surface area contributed by atoms with Crippen LogP contribution in [0.1, 0.15) is 53.8 Å². The van der Waals surface area contributed by atoms with Crippen LogP contribution >= 0.6 is 0 Å². The second-order valence-electron chi connectivity index (χ2n) is 11.8. The van der Waals surface area contributed by atoms with E-state index < -0.39 is 0 Å². The molecule has 0 radical (unpaired) electrons. The van der Waals surface area contributed by atoms with E-state index in [4.69, 9.17) is 24.3 Å². The van der Waals surface area contributed by atoms with Crippen molar-refractivity contribution in [2.24, 2.45) is 0 Å². The van der Waals surface area contributed by atoms with Crippen LogP contribution in [-0.2, 0) is 41.7 Å². The molecular formula is C35H47N9O4. The predicted octanol–water partition coefficient (Wildman–Crippen LogP) is 4.15. The van der Waals surface area contributed by atoms with Gasteiger partial charge in [0.05, 0.1) is 61.8 Å². The van der Waals surface area contributed by atoms with Crippen LogP contribution in [0.5, 0.6) is 5.75 Å². The maximum Gasteiger partial charge on any atom is 0.257 e. The van der Waals surface area contributed by atoms with Crippen LogP contribution in [0, 0.1) is 0 Å². The molecule has 3 N–H and O–H groups in total. The van der Waals surface area contributed by atoms with E-state index >= 15 is 0 Å². The zero-order chi connectivity index (χ0) is 33.5. The number of hydrogen-bond donors (Lipinski definition) is 3. The van der Waals surface area contributed by atoms with Crippen LogP contribution in [0.4, 0.5) is 23.0 Å². The average Bonchev–Trinajstić information content (AvgIpc) is 3.71. The lowest BCUT2D eigenvalue weighted by molar-refractivity contribution is 0.0485. The van der Waals surface area contributed by atoms with Crippen molar-refractivity contribution in [2.45, 2.75) is 53.0 Å². The summed E-state index contributed by atoms with van der Waals surface area (Å²) in [5, 5.41) is 14.8. The molecule has 13 heteroatoms. The van der Waals surface area contributed by atoms with Gasteiger partial charge < -0.3 is 39.6 Å². The number of carbonyl (C=O) groups excluding carboxylic acids is 1. The predicted molar refractivity (Wildman–Crippen MR) is 186 cm³/mol. The molecule has 1 aromatic carbocycles. The third-order valence-corrected chi connectivity index (χ3v) is 8.91. The lowest BCUT2D eigenvalue weighted by Crippen LogP contribution is -2.43. The number of anilines is 4. The maximum absolute atomic E-state index is 13.8. The van der Waals surface area contributed by atoms with E-state index in [0.29, 0.717) is 57.3 Å². The molecule has 6 rings (SSSR count). The van der Waals surface area contributed by atoms with Gasteiger partial charge in [-0.3, -0.25) is 9.48 Å². The molecule has 3 aromatic heterocycles. The molecule has 2 aliphatic rings. The highest BCUT2D eigenvalue weighted by atomic mass is 16.5. The number of methoxy groups -OCH3 is 1. The molecule has 0 aliphatic carbocycles. The van der Waals surface area contributed by atoms with Gasteiger partial charge in [-0.2, -0.15) is 10.1 Å². The molecule has 1 fully saturated rings. The standard InChI is InChI=1S/C35H47N9O4/c1-5-27-32(29(6-2)44(41-27)18-19-48-21-20-47-7-3)39-34(45)26-12-15-43-30(26)11-8-24-23-37-35(40-33(24)43)38-28-10-9-25(22-31(28)46-4)42-16-13-36-14-17-42/h9-10,12,15,22-23,36H,5-8,11,13-14,16-21H2,1-4H3,(H,39,45)(H,37,38,40). The fourth-order valence-electron chi connectivity index (χ4n) is 6.43. The van der Waals surface area contributed by atoms with Gasteiger partial charge in [0.1, 0.15) is 11.6 Å². The van der Waals surface area contributed by atoms with Crippen molar-refractivity contribution in [3.63, 3.8) is 0 Å². The van der Waals surface area contributed by atoms with Gasteiger partial charge in [0.15, 0.2) is 0 Å². The number of aryl methyl sites for hydroxylation is 2. The molecule has 0 bridgehead atoms. The van der Waals surface area contributed by atoms with E-state index in [9.17, 15) is 4.79 Å². The second-order valence-corrected chi connectivity index (χ2v) is 11.8. The molecule has 2 aliphatic heterocycles. The first-order chi connectivity index (χ1) is 23.5. The van der Waals surface area contributed by atoms with Crippen LogP contribution in [0.2, 0.25) is 0 Å². The molecule has 5 heterocycles. The average molecular weight is 658 g/mol. The van der Waals surface area contributed by atoms with E-state index in [1.807, 2.05) is 40.7 Å². The number of benzene rings is 1. The Morgan fingerprint density at radius 1 is 1.02 bits per heavy atom. The number of rotatable bonds is 15. The van der Waals surface area contributed by atoms with Crippen molar-refractivity contribution in [3.8, 4) is 11.6 Å². The van der Waals surface area contributed by atoms with Gasteiger partial charge in [-0.15, -0.1) is 0 Å². The van der Waals surface area contributed by atoms with Gasteiger partial charge in [0.2, 0.25) is 5.95 Å². The van der Waals surface area contributed by atoms with E-state index in [1.165, 1.54) is 0 Å². The molecule has 4 aromatic rings. The van der Waals surface area contributed by atoms with Gasteiger partial charge in [0, 0.05) is 68.2 Å². The summed E-state index contributed by atoms with van der Waals surface area (Å²) >= 11 is 0. The minimum Gasteiger partial charge on any atom is -0.494 e. The Kier molecular flexibility index (Phi) is 10.9. The quantitative estimate of drug-likeness (QED) is 0.160. The Hall–Kier alpha value is -4.46. The zero-order valence-corrected chi connectivity index (χ0v) is 28.5. The number of carbonyl (C=O) groups is 1. The van der Waals surface area contributed by atoms with E-state index in [1.54, 1.807) is 7.11 Å². The van der Waals surface area contributed by atoms with E-state index in [-0.39, 0.29) is 5.91 Å². The van der Waals surface area contributed by atoms with Crippen LogP contribution < -0.4 is 25.6 Å². The number of piperazine rings is 1. The van der Waals surface area contributed by atoms with Crippen molar-refractivity contribution in [2.75, 3.05) is 75.2 Å². The van der Waals surface area contributed by atoms with Crippen LogP contribution in [-0.4, -0.2) is 89.9 Å². The third-order valence-electron chi connectivity index (χ3n) is 8.91. The van der Waals surface area contributed by atoms with E-state index in [0.717, 1.165) is 90.3 Å². The van der Waals surface area contributed by atoms with Crippen LogP contribution in [0.25, 0.3) is 5.82 Å². The van der Waals surface area contributed by atoms with Crippen molar-refractivity contribution in [1.82, 2.24) is 29.6 Å². The zero-order valence-electron chi connectivity index (χ0n) is 28.5. The topological polar surface area (TPSA) is 133 Å². The van der Waals surface area contributed by atoms with Gasteiger partial charge in [-0.25, -0.2) is 4.98 Å². The lowest BCUT2D eigenvalue weighted by Gasteiger charge is -2.30. The Balaban J connectivity index is 1.18. The minimum absolute atomic E-state index is 0.147. The summed E-state index contributed by atoms with van der Waals surface area (Å²) < 4.78 is 20.8. The number of ether oxygens (including phenoxy) is 3. The molecule has 0 atom stereocenters. The maximum atomic E-state index is 13.8. The summed E-state index contributed by atoms with van der Waals surface area (Å²) in [6.45, 7) is 12.9. The van der Waals surface area contributed by atoms with Gasteiger partial charge in [-0.1, -0.05) is 13.8 Å². The Morgan fingerprint density at radius 3 is 2.62 bits per heavy atom. The Bertz CT molecular complexity index is 1710. The highest BCUT2D eigenvalue weighted by Crippen LogP contribution is 2.33. The molecule has 256 valence electrons. The summed E-state index contributed by atoms with van der Waals surface area (Å²) in [7, 11) is 1.67. The summed E-state index contributed by atoms with van der Waals surface area (Å²) in [4.78, 5) is 25.7. The molecule has 0 unspecified atom stereocenters. The van der Waals surface area contributed by atoms with Crippen molar-refractivity contribution < 1.29 is 19.0 Å². The first kappa shape index (κ1) is 33.4. The summed E-state index contributed by atoms with van der Waals surface area (Å²) in [6, 6.07) is 8.03. The molecule has 13 nitrogen and oxygen atoms in total. The SMILES string of the molecule is CCOCCOCCn1nc(CC)c(NC(=O)c2ccn3c2CCc2cnc(Nc4ccc(N5CCNCC5)cc4OC)nc2-3)c1CC. The van der Waals surface area contributed by atoms with Gasteiger partial charge in [0.25, 0.3) is 5.91 Å². The second kappa shape index (κ2) is 15.6. The van der Waals surface area contributed by atoms with Crippen LogP contribution in [0.3, 0.4) is 0 Å². The monoisotopic (exact) mass is 657 g/mol. The number of aromatic nitrogens is 5. The fraction of sp³-hybridized carbons (Fsp3) is 0.486. The molecule has 1 saturated heterocycles. The fourth-order valence-corrected chi connectivity index (χ4v) is 6.43. The van der Waals surface area contributed by atoms with Gasteiger partial charge in [-0.05, 0) is 50.8 Å². The highest BCUT2D eigenvalue weighted by molar-refractivity contribution is 6.06. The normalized spacial score (nSPS) is 14.0. The summed E-state index contributed by atoms with van der Waals surface area (Å²) in [5.74, 6) is 1.81. The first-order valence-corrected chi connectivity index (χ1v) is 17.1. The van der Waals surface area contributed by atoms with E-state index in [2.05, 4.69) is 51.8 Å². The molecule has 1 amide bonds. The summed E-state index contributed by atoms with van der Waals surface area (Å²) in [5.41, 5.74) is 7.16. The number of hydrogen-bond acceptors (Lipinski definition) is 10. The van der Waals surface area contributed by atoms with Gasteiger partial charge >= 0.3 is 0 Å². The number of fused-ring (bicyclic) bond motifs is 3. The summed E-state index contributed by atoms with van der Waals surface area (Å²) in [6.07, 6.45) is 6.68. The van der Waals surface area contributed by atoms with Crippen LogP contribution in [0.15, 0.2) is 36.7 Å². The molecule has 48 heavy (non-hydrogen) atoms. The lowest BCUT2D eigenvalue weighted by atomic mass is 10.0. The third kappa shape index (κ3) is 7.18. The first-order valence-electron chi connectivity index (χ1n) is 17.1. The number of nitrogens with one attached hydrogen (secondary N) is 3. The highest BCUT2D eigenvalue weighted by Gasteiger charge is 2.26. The van der Waals surface area contributed by atoms with Crippen molar-refractivity contribution >= 4 is 28.9 Å². The smallest absolute Gasteiger partial charge is 0.257 e. The Labute approximate surface area is 282 Å². The van der Waals surface area contributed by atoms with Crippen molar-refractivity contribution in [1.29, 1.82) is 0 Å². The largest absolute Gasteiger partial charge is 0.494 e. The van der Waals surface area contributed by atoms with Crippen molar-refractivity contribution in [3.05, 3.63) is 64.9 Å². The molecule has 0 saturated carbocycles. The molecule has 0 spiro atoms. The minimum atomic E-state index is -0.147. The number of nitrogens with zero attached hydrogens (tertiary/aromatic N) is 6. The molecular weight excluding hydrogens is 610 g/mol.